The molecule has 2 aliphatic rings. The zero-order valence-corrected chi connectivity index (χ0v) is 27.2. The van der Waals surface area contributed by atoms with Crippen LogP contribution in [0.1, 0.15) is 60.3 Å². The van der Waals surface area contributed by atoms with Gasteiger partial charge in [0.05, 0.1) is 30.1 Å². The minimum Gasteiger partial charge on any atom is -0.458 e. The van der Waals surface area contributed by atoms with E-state index in [1.54, 1.807) is 52.4 Å². The van der Waals surface area contributed by atoms with Gasteiger partial charge in [-0.25, -0.2) is 0 Å². The molecule has 0 saturated carbocycles. The average Bonchev–Trinajstić information content (AvgIpc) is 2.99. The maximum absolute atomic E-state index is 13.7. The highest BCUT2D eigenvalue weighted by atomic mass is 16.5. The van der Waals surface area contributed by atoms with Crippen molar-refractivity contribution in [1.82, 2.24) is 10.6 Å². The predicted octanol–water partition coefficient (Wildman–Crippen LogP) is 3.31. The van der Waals surface area contributed by atoms with Gasteiger partial charge in [0.1, 0.15) is 6.10 Å². The number of methoxy groups -OCH3 is 2. The number of hydrogen-bond acceptors (Lipinski definition) is 9. The Hall–Kier alpha value is -2.89. The van der Waals surface area contributed by atoms with Crippen molar-refractivity contribution < 1.29 is 38.8 Å². The Labute approximate surface area is 262 Å². The van der Waals surface area contributed by atoms with Crippen LogP contribution in [0.2, 0.25) is 0 Å². The van der Waals surface area contributed by atoms with Crippen molar-refractivity contribution in [2.75, 3.05) is 20.8 Å². The molecule has 0 spiro atoms. The molecular weight excluding hydrogens is 564 g/mol. The summed E-state index contributed by atoms with van der Waals surface area (Å²) in [6.45, 7) is 13.2. The predicted molar refractivity (Wildman–Crippen MR) is 169 cm³/mol. The molecule has 0 radical (unpaired) electrons. The molecule has 1 heterocycles. The van der Waals surface area contributed by atoms with Crippen molar-refractivity contribution >= 4 is 17.7 Å². The van der Waals surface area contributed by atoms with E-state index in [2.05, 4.69) is 17.2 Å². The van der Waals surface area contributed by atoms with Crippen LogP contribution in [0, 0.1) is 17.8 Å². The minimum absolute atomic E-state index is 0.0513. The number of allylic oxidation sites excluding steroid dienone is 3. The summed E-state index contributed by atoms with van der Waals surface area (Å²) >= 11 is 0. The van der Waals surface area contributed by atoms with Crippen LogP contribution in [0.4, 0.5) is 0 Å². The molecule has 9 unspecified atom stereocenters. The quantitative estimate of drug-likeness (QED) is 0.250. The van der Waals surface area contributed by atoms with Gasteiger partial charge in [0.15, 0.2) is 5.78 Å². The molecule has 2 rings (SSSR count). The van der Waals surface area contributed by atoms with Gasteiger partial charge in [-0.2, -0.15) is 0 Å². The first-order chi connectivity index (χ1) is 20.9. The van der Waals surface area contributed by atoms with Crippen LogP contribution < -0.4 is 10.6 Å². The molecule has 9 atom stereocenters. The van der Waals surface area contributed by atoms with E-state index in [0.717, 1.165) is 5.57 Å². The molecule has 1 amide bonds. The van der Waals surface area contributed by atoms with Gasteiger partial charge >= 0.3 is 5.97 Å². The van der Waals surface area contributed by atoms with E-state index in [-0.39, 0.29) is 35.7 Å². The van der Waals surface area contributed by atoms with Crippen molar-refractivity contribution in [2.24, 2.45) is 17.8 Å². The third-order valence-corrected chi connectivity index (χ3v) is 8.38. The van der Waals surface area contributed by atoms with Crippen LogP contribution in [0.5, 0.6) is 0 Å². The third-order valence-electron chi connectivity index (χ3n) is 8.38. The van der Waals surface area contributed by atoms with Gasteiger partial charge in [-0.15, -0.1) is 6.58 Å². The summed E-state index contributed by atoms with van der Waals surface area (Å²) in [5, 5.41) is 28.2. The summed E-state index contributed by atoms with van der Waals surface area (Å²) in [6, 6.07) is -0.579. The van der Waals surface area contributed by atoms with Gasteiger partial charge in [-0.1, -0.05) is 51.2 Å². The van der Waals surface area contributed by atoms with Gasteiger partial charge < -0.3 is 35.1 Å². The smallest absolute Gasteiger partial charge is 0.306 e. The van der Waals surface area contributed by atoms with E-state index in [4.69, 9.17) is 14.2 Å². The Morgan fingerprint density at radius 2 is 1.82 bits per heavy atom. The van der Waals surface area contributed by atoms with Gasteiger partial charge in [0, 0.05) is 57.1 Å². The highest BCUT2D eigenvalue weighted by molar-refractivity contribution is 6.05. The molecule has 44 heavy (non-hydrogen) atoms. The number of nitrogens with one attached hydrogen (secondary N) is 2. The van der Waals surface area contributed by atoms with Crippen LogP contribution in [0.25, 0.3) is 0 Å². The summed E-state index contributed by atoms with van der Waals surface area (Å²) in [5.41, 5.74) is 1.17. The first-order valence-electron chi connectivity index (χ1n) is 15.4. The van der Waals surface area contributed by atoms with Gasteiger partial charge in [0.25, 0.3) is 5.91 Å². The second kappa shape index (κ2) is 18.2. The number of Topliss-reactive ketones (excluding diaryl/α,β-unsaturated/α-hetero) is 1. The molecule has 0 aromatic heterocycles. The van der Waals surface area contributed by atoms with Crippen LogP contribution in [0.15, 0.2) is 59.9 Å². The average molecular weight is 617 g/mol. The van der Waals surface area contributed by atoms with Gasteiger partial charge in [-0.05, 0) is 44.3 Å². The number of ether oxygens (including phenoxy) is 3. The van der Waals surface area contributed by atoms with Gasteiger partial charge in [0.2, 0.25) is 0 Å². The van der Waals surface area contributed by atoms with Crippen LogP contribution in [0.3, 0.4) is 0 Å². The number of fused-ring (bicyclic) bond motifs is 2. The molecule has 10 nitrogen and oxygen atoms in total. The summed E-state index contributed by atoms with van der Waals surface area (Å²) < 4.78 is 17.1. The minimum atomic E-state index is -1.02. The first-order valence-corrected chi connectivity index (χ1v) is 15.4. The van der Waals surface area contributed by atoms with Crippen molar-refractivity contribution in [1.29, 1.82) is 0 Å². The van der Waals surface area contributed by atoms with Crippen molar-refractivity contribution in [3.8, 4) is 0 Å². The maximum Gasteiger partial charge on any atom is 0.306 e. The molecule has 0 fully saturated rings. The number of aliphatic hydroxyl groups is 2. The number of amides is 1. The monoisotopic (exact) mass is 616 g/mol. The first kappa shape index (κ1) is 37.3. The molecule has 1 aliphatic heterocycles. The molecule has 0 aromatic rings. The summed E-state index contributed by atoms with van der Waals surface area (Å²) in [4.78, 5) is 39.0. The second-order valence-corrected chi connectivity index (χ2v) is 11.9. The highest BCUT2D eigenvalue weighted by Gasteiger charge is 2.40. The Balaban J connectivity index is 2.55. The fraction of sp³-hybridized carbons (Fsp3) is 0.618. The topological polar surface area (TPSA) is 143 Å². The van der Waals surface area contributed by atoms with E-state index in [0.29, 0.717) is 31.4 Å². The lowest BCUT2D eigenvalue weighted by Gasteiger charge is -2.36. The molecule has 2 bridgehead atoms. The molecule has 0 saturated heterocycles. The molecule has 10 heteroatoms. The third kappa shape index (κ3) is 10.6. The Kier molecular flexibility index (Phi) is 15.4. The van der Waals surface area contributed by atoms with E-state index in [9.17, 15) is 24.6 Å². The fourth-order valence-electron chi connectivity index (χ4n) is 5.71. The van der Waals surface area contributed by atoms with Crippen molar-refractivity contribution in [3.05, 3.63) is 59.9 Å². The van der Waals surface area contributed by atoms with E-state index in [1.165, 1.54) is 6.08 Å². The zero-order valence-electron chi connectivity index (χ0n) is 27.2. The highest BCUT2D eigenvalue weighted by Crippen LogP contribution is 2.31. The molecular formula is C34H52N2O8. The van der Waals surface area contributed by atoms with Gasteiger partial charge in [-0.3, -0.25) is 14.4 Å². The number of aliphatic hydroxyl groups excluding tert-OH is 2. The molecule has 246 valence electrons. The van der Waals surface area contributed by atoms with Crippen LogP contribution >= 0.6 is 0 Å². The number of ketones is 1. The Morgan fingerprint density at radius 1 is 1.11 bits per heavy atom. The van der Waals surface area contributed by atoms with E-state index >= 15 is 0 Å². The Morgan fingerprint density at radius 3 is 2.43 bits per heavy atom. The summed E-state index contributed by atoms with van der Waals surface area (Å²) in [5.74, 6) is -2.16. The molecule has 1 aliphatic carbocycles. The molecule has 0 aromatic carbocycles. The normalized spacial score (nSPS) is 36.0. The van der Waals surface area contributed by atoms with E-state index in [1.807, 2.05) is 26.8 Å². The SMILES string of the molecule is C=CCNC1C(O)C=C2NC(=O)/C(C)=C/C=C\C(OC)CC(OC(=O)CC)/C(C)=C/C(C)C(O)C(OC)CC(C)CC1C2=O. The number of carbonyl (C=O) groups is 3. The zero-order chi connectivity index (χ0) is 33.0. The molecule has 4 N–H and O–H groups in total. The van der Waals surface area contributed by atoms with Crippen LogP contribution in [-0.2, 0) is 28.6 Å². The summed E-state index contributed by atoms with van der Waals surface area (Å²) in [6.07, 6.45) is 7.88. The lowest BCUT2D eigenvalue weighted by molar-refractivity contribution is -0.148. The number of rotatable bonds is 7. The summed E-state index contributed by atoms with van der Waals surface area (Å²) in [7, 11) is 3.09. The number of esters is 1. The maximum atomic E-state index is 13.7. The fourth-order valence-corrected chi connectivity index (χ4v) is 5.71. The van der Waals surface area contributed by atoms with Crippen molar-refractivity contribution in [3.63, 3.8) is 0 Å². The number of carbonyl (C=O) groups excluding carboxylic acids is 3. The van der Waals surface area contributed by atoms with Crippen molar-refractivity contribution in [2.45, 2.75) is 96.9 Å². The van der Waals surface area contributed by atoms with Crippen LogP contribution in [-0.4, -0.2) is 85.2 Å². The lowest BCUT2D eigenvalue weighted by atomic mass is 9.77. The standard InChI is InChI=1S/C34H52N2O8/c1-9-14-35-31-25-15-20(3)16-29(43-8)32(39)23(6)17-22(5)28(44-30(38)10-2)18-24(42-7)13-11-12-21(4)34(41)36-26(33(25)40)19-27(31)37/h9,11-13,17,19-20,23-25,27-29,31-32,35,37,39H,1,10,14-16,18H2,2-8H3,(H,36,41)/b13-11-,21-12+,22-17+. The second-order valence-electron chi connectivity index (χ2n) is 11.9. The van der Waals surface area contributed by atoms with E-state index < -0.39 is 48.4 Å². The Bertz CT molecular complexity index is 1130. The lowest BCUT2D eigenvalue weighted by Crippen LogP contribution is -2.53. The largest absolute Gasteiger partial charge is 0.458 e. The number of hydrogen-bond donors (Lipinski definition) is 4.